The first-order valence-electron chi connectivity index (χ1n) is 9.08. The molecule has 0 fully saturated rings. The van der Waals surface area contributed by atoms with E-state index in [-0.39, 0.29) is 17.2 Å². The summed E-state index contributed by atoms with van der Waals surface area (Å²) >= 11 is 17.9. The molecular weight excluding hydrogens is 480 g/mol. The smallest absolute Gasteiger partial charge is 0.329 e. The summed E-state index contributed by atoms with van der Waals surface area (Å²) in [5, 5.41) is 7.18. The highest BCUT2D eigenvalue weighted by molar-refractivity contribution is 6.39. The van der Waals surface area contributed by atoms with Gasteiger partial charge in [0, 0.05) is 26.9 Å². The minimum absolute atomic E-state index is 0.137. The van der Waals surface area contributed by atoms with Crippen LogP contribution in [-0.4, -0.2) is 18.0 Å². The second-order valence-electron chi connectivity index (χ2n) is 6.33. The maximum absolute atomic E-state index is 14.0. The Morgan fingerprint density at radius 1 is 0.969 bits per heavy atom. The predicted molar refractivity (Wildman–Crippen MR) is 123 cm³/mol. The van der Waals surface area contributed by atoms with Crippen molar-refractivity contribution >= 4 is 58.5 Å². The van der Waals surface area contributed by atoms with Crippen molar-refractivity contribution in [2.75, 3.05) is 5.32 Å². The lowest BCUT2D eigenvalue weighted by Gasteiger charge is -2.11. The van der Waals surface area contributed by atoms with Gasteiger partial charge < -0.3 is 10.1 Å². The van der Waals surface area contributed by atoms with E-state index in [0.29, 0.717) is 27.0 Å². The third-order valence-corrected chi connectivity index (χ3v) is 4.89. The van der Waals surface area contributed by atoms with Crippen LogP contribution in [0.4, 0.5) is 10.1 Å². The van der Waals surface area contributed by atoms with Crippen molar-refractivity contribution in [3.63, 3.8) is 0 Å². The lowest BCUT2D eigenvalue weighted by molar-refractivity contribution is -0.136. The summed E-state index contributed by atoms with van der Waals surface area (Å²) in [5.41, 5.74) is 3.05. The Kier molecular flexibility index (Phi) is 8.05. The van der Waals surface area contributed by atoms with Crippen molar-refractivity contribution in [2.45, 2.75) is 6.61 Å². The molecule has 0 aliphatic carbocycles. The fourth-order valence-corrected chi connectivity index (χ4v) is 3.13. The summed E-state index contributed by atoms with van der Waals surface area (Å²) in [7, 11) is 0. The van der Waals surface area contributed by atoms with Gasteiger partial charge in [-0.2, -0.15) is 5.10 Å². The number of amides is 2. The molecule has 3 aromatic rings. The molecule has 10 heteroatoms. The number of carbonyl (C=O) groups excluding carboxylic acids is 2. The van der Waals surface area contributed by atoms with E-state index in [9.17, 15) is 14.0 Å². The second-order valence-corrected chi connectivity index (χ2v) is 7.61. The first-order valence-corrected chi connectivity index (χ1v) is 10.2. The molecule has 2 amide bonds. The summed E-state index contributed by atoms with van der Waals surface area (Å²) in [6, 6.07) is 15.3. The number of carbonyl (C=O) groups is 2. The Balaban J connectivity index is 1.65. The van der Waals surface area contributed by atoms with Crippen LogP contribution in [0.3, 0.4) is 0 Å². The van der Waals surface area contributed by atoms with Gasteiger partial charge in [0.2, 0.25) is 0 Å². The van der Waals surface area contributed by atoms with Crippen LogP contribution >= 0.6 is 34.8 Å². The molecule has 0 aliphatic heterocycles. The molecule has 0 bridgehead atoms. The molecule has 164 valence electrons. The van der Waals surface area contributed by atoms with Gasteiger partial charge in [0.1, 0.15) is 18.2 Å². The van der Waals surface area contributed by atoms with Crippen molar-refractivity contribution in [3.05, 3.63) is 92.7 Å². The van der Waals surface area contributed by atoms with Crippen molar-refractivity contribution < 1.29 is 18.7 Å². The van der Waals surface area contributed by atoms with Crippen LogP contribution in [0.5, 0.6) is 5.75 Å². The van der Waals surface area contributed by atoms with Crippen molar-refractivity contribution in [1.29, 1.82) is 0 Å². The number of nitrogens with zero attached hydrogens (tertiary/aromatic N) is 1. The third kappa shape index (κ3) is 6.43. The molecule has 3 rings (SSSR count). The molecule has 0 saturated heterocycles. The molecule has 0 radical (unpaired) electrons. The van der Waals surface area contributed by atoms with Crippen molar-refractivity contribution in [1.82, 2.24) is 5.43 Å². The summed E-state index contributed by atoms with van der Waals surface area (Å²) in [6.45, 7) is -0.137. The maximum Gasteiger partial charge on any atom is 0.329 e. The molecular formula is C22H15Cl3FN3O3. The Labute approximate surface area is 197 Å². The van der Waals surface area contributed by atoms with Crippen LogP contribution in [0, 0.1) is 5.82 Å². The molecule has 0 atom stereocenters. The molecule has 0 aromatic heterocycles. The Morgan fingerprint density at radius 3 is 2.47 bits per heavy atom. The van der Waals surface area contributed by atoms with Gasteiger partial charge in [-0.1, -0.05) is 46.9 Å². The van der Waals surface area contributed by atoms with Crippen molar-refractivity contribution in [3.8, 4) is 5.75 Å². The Hall–Kier alpha value is -3.13. The average Bonchev–Trinajstić information content (AvgIpc) is 2.74. The summed E-state index contributed by atoms with van der Waals surface area (Å²) < 4.78 is 19.6. The molecule has 32 heavy (non-hydrogen) atoms. The van der Waals surface area contributed by atoms with E-state index in [1.165, 1.54) is 30.5 Å². The predicted octanol–water partition coefficient (Wildman–Crippen LogP) is 5.45. The zero-order valence-corrected chi connectivity index (χ0v) is 18.5. The number of halogens is 4. The molecule has 0 heterocycles. The summed E-state index contributed by atoms with van der Waals surface area (Å²) in [5.74, 6) is -2.11. The Bertz CT molecular complexity index is 1170. The first-order chi connectivity index (χ1) is 15.3. The van der Waals surface area contributed by atoms with E-state index in [1.54, 1.807) is 36.4 Å². The van der Waals surface area contributed by atoms with Gasteiger partial charge in [0.15, 0.2) is 0 Å². The van der Waals surface area contributed by atoms with Crippen LogP contribution in [-0.2, 0) is 16.2 Å². The fourth-order valence-electron chi connectivity index (χ4n) is 2.54. The Morgan fingerprint density at radius 2 is 1.72 bits per heavy atom. The fraction of sp³-hybridized carbons (Fsp3) is 0.0455. The van der Waals surface area contributed by atoms with Crippen LogP contribution < -0.4 is 15.5 Å². The number of hydrogen-bond donors (Lipinski definition) is 2. The summed E-state index contributed by atoms with van der Waals surface area (Å²) in [4.78, 5) is 24.0. The number of ether oxygens (including phenoxy) is 1. The molecule has 2 N–H and O–H groups in total. The highest BCUT2D eigenvalue weighted by Crippen LogP contribution is 2.25. The van der Waals surface area contributed by atoms with Gasteiger partial charge >= 0.3 is 11.8 Å². The minimum atomic E-state index is -0.996. The molecule has 6 nitrogen and oxygen atoms in total. The SMILES string of the molecule is O=C(N/N=C\c1cc(Cl)ccc1OCc1c(F)cccc1Cl)C(=O)Nc1cccc(Cl)c1. The van der Waals surface area contributed by atoms with E-state index in [0.717, 1.165) is 0 Å². The van der Waals surface area contributed by atoms with Gasteiger partial charge in [-0.25, -0.2) is 9.82 Å². The zero-order valence-electron chi connectivity index (χ0n) is 16.2. The van der Waals surface area contributed by atoms with Gasteiger partial charge in [-0.05, 0) is 48.5 Å². The van der Waals surface area contributed by atoms with E-state index in [2.05, 4.69) is 15.8 Å². The number of hydrazone groups is 1. The summed E-state index contributed by atoms with van der Waals surface area (Å²) in [6.07, 6.45) is 1.24. The van der Waals surface area contributed by atoms with Crippen molar-refractivity contribution in [2.24, 2.45) is 5.10 Å². The molecule has 0 spiro atoms. The molecule has 3 aromatic carbocycles. The first kappa shape index (κ1) is 23.5. The normalized spacial score (nSPS) is 10.8. The lowest BCUT2D eigenvalue weighted by atomic mass is 10.2. The van der Waals surface area contributed by atoms with Crippen LogP contribution in [0.15, 0.2) is 65.8 Å². The quantitative estimate of drug-likeness (QED) is 0.271. The van der Waals surface area contributed by atoms with E-state index >= 15 is 0 Å². The monoisotopic (exact) mass is 493 g/mol. The highest BCUT2D eigenvalue weighted by atomic mass is 35.5. The van der Waals surface area contributed by atoms with E-state index < -0.39 is 17.6 Å². The van der Waals surface area contributed by atoms with Crippen LogP contribution in [0.25, 0.3) is 0 Å². The number of rotatable bonds is 6. The third-order valence-electron chi connectivity index (χ3n) is 4.06. The number of nitrogens with one attached hydrogen (secondary N) is 2. The van der Waals surface area contributed by atoms with E-state index in [1.807, 2.05) is 0 Å². The average molecular weight is 495 g/mol. The van der Waals surface area contributed by atoms with Gasteiger partial charge in [0.25, 0.3) is 0 Å². The molecule has 0 saturated carbocycles. The highest BCUT2D eigenvalue weighted by Gasteiger charge is 2.13. The molecule has 0 aliphatic rings. The largest absolute Gasteiger partial charge is 0.488 e. The van der Waals surface area contributed by atoms with E-state index in [4.69, 9.17) is 39.5 Å². The van der Waals surface area contributed by atoms with Gasteiger partial charge in [-0.3, -0.25) is 9.59 Å². The van der Waals surface area contributed by atoms with Gasteiger partial charge in [-0.15, -0.1) is 0 Å². The van der Waals surface area contributed by atoms with Gasteiger partial charge in [0.05, 0.1) is 11.2 Å². The standard InChI is InChI=1S/C22H15Cl3FN3O3/c23-14-3-1-4-16(10-14)28-21(30)22(31)29-27-11-13-9-15(24)7-8-20(13)32-12-17-18(25)5-2-6-19(17)26/h1-11H,12H2,(H,28,30)(H,29,31)/b27-11-. The topological polar surface area (TPSA) is 79.8 Å². The number of anilines is 1. The van der Waals surface area contributed by atoms with Crippen LogP contribution in [0.2, 0.25) is 15.1 Å². The maximum atomic E-state index is 14.0. The zero-order chi connectivity index (χ0) is 23.1. The number of hydrogen-bond acceptors (Lipinski definition) is 4. The number of benzene rings is 3. The molecule has 0 unspecified atom stereocenters. The minimum Gasteiger partial charge on any atom is -0.488 e. The lowest BCUT2D eigenvalue weighted by Crippen LogP contribution is -2.32. The second kappa shape index (κ2) is 10.9. The van der Waals surface area contributed by atoms with Crippen LogP contribution in [0.1, 0.15) is 11.1 Å².